The smallest absolute Gasteiger partial charge is 0.399 e. The third kappa shape index (κ3) is 1.43. The first kappa shape index (κ1) is 6.10. The van der Waals surface area contributed by atoms with Gasteiger partial charge in [-0.2, -0.15) is 0 Å². The Morgan fingerprint density at radius 1 is 1.67 bits per heavy atom. The zero-order chi connectivity index (χ0) is 6.69. The average Bonchev–Trinajstić information content (AvgIpc) is 2.17. The molecule has 1 heterocycles. The molecule has 0 fully saturated rings. The minimum Gasteiger partial charge on any atom is -0.399 e. The molecule has 1 rings (SSSR count). The van der Waals surface area contributed by atoms with Crippen LogP contribution in [0.4, 0.5) is 0 Å². The zero-order valence-electron chi connectivity index (χ0n) is 4.79. The summed E-state index contributed by atoms with van der Waals surface area (Å²) >= 11 is 0. The van der Waals surface area contributed by atoms with Crippen LogP contribution in [0.2, 0.25) is 0 Å². The van der Waals surface area contributed by atoms with Gasteiger partial charge in [-0.25, -0.2) is 4.79 Å². The third-order valence-corrected chi connectivity index (χ3v) is 0.892. The molecule has 0 saturated heterocycles. The quantitative estimate of drug-likeness (QED) is 0.597. The Balaban J connectivity index is 2.73. The average molecular weight is 129 g/mol. The highest BCUT2D eigenvalue weighted by molar-refractivity contribution is 4.84. The lowest BCUT2D eigenvalue weighted by Gasteiger charge is -1.83. The van der Waals surface area contributed by atoms with Crippen molar-refractivity contribution in [2.24, 2.45) is 5.73 Å². The summed E-state index contributed by atoms with van der Waals surface area (Å²) in [5.41, 5.74) is 5.17. The van der Waals surface area contributed by atoms with Gasteiger partial charge in [-0.3, -0.25) is 0 Å². The highest BCUT2D eigenvalue weighted by atomic mass is 16.6. The first-order chi connectivity index (χ1) is 4.33. The van der Waals surface area contributed by atoms with E-state index in [2.05, 4.69) is 8.83 Å². The van der Waals surface area contributed by atoms with E-state index >= 15 is 0 Å². The van der Waals surface area contributed by atoms with Crippen molar-refractivity contribution in [3.05, 3.63) is 22.6 Å². The SMILES string of the molecule is NCCc1coc(=O)o1. The van der Waals surface area contributed by atoms with Crippen molar-refractivity contribution in [3.63, 3.8) is 0 Å². The molecule has 0 atom stereocenters. The fourth-order valence-corrected chi connectivity index (χ4v) is 0.521. The lowest BCUT2D eigenvalue weighted by Crippen LogP contribution is -2.01. The molecular formula is C5H7NO3. The molecule has 1 aromatic rings. The molecule has 0 aliphatic heterocycles. The molecule has 0 aliphatic rings. The summed E-state index contributed by atoms with van der Waals surface area (Å²) < 4.78 is 8.86. The van der Waals surface area contributed by atoms with Gasteiger partial charge in [0.1, 0.15) is 12.0 Å². The Hall–Kier alpha value is -1.03. The monoisotopic (exact) mass is 129 g/mol. The van der Waals surface area contributed by atoms with Crippen molar-refractivity contribution in [1.29, 1.82) is 0 Å². The Morgan fingerprint density at radius 2 is 2.44 bits per heavy atom. The van der Waals surface area contributed by atoms with Crippen molar-refractivity contribution in [3.8, 4) is 0 Å². The second-order valence-corrected chi connectivity index (χ2v) is 1.59. The van der Waals surface area contributed by atoms with Crippen LogP contribution in [0.25, 0.3) is 0 Å². The highest BCUT2D eigenvalue weighted by Gasteiger charge is 1.96. The first-order valence-corrected chi connectivity index (χ1v) is 2.60. The van der Waals surface area contributed by atoms with E-state index in [4.69, 9.17) is 5.73 Å². The lowest BCUT2D eigenvalue weighted by atomic mass is 10.4. The van der Waals surface area contributed by atoms with Crippen LogP contribution in [0, 0.1) is 0 Å². The number of hydrogen-bond donors (Lipinski definition) is 1. The van der Waals surface area contributed by atoms with Gasteiger partial charge in [0.15, 0.2) is 0 Å². The van der Waals surface area contributed by atoms with Crippen LogP contribution < -0.4 is 11.6 Å². The van der Waals surface area contributed by atoms with Gasteiger partial charge in [-0.1, -0.05) is 0 Å². The molecule has 4 heteroatoms. The molecule has 0 saturated carbocycles. The van der Waals surface area contributed by atoms with Crippen LogP contribution in [0.5, 0.6) is 0 Å². The molecule has 0 aromatic carbocycles. The van der Waals surface area contributed by atoms with E-state index in [9.17, 15) is 4.79 Å². The lowest BCUT2D eigenvalue weighted by molar-refractivity contribution is 0.374. The van der Waals surface area contributed by atoms with Crippen LogP contribution in [0.15, 0.2) is 19.9 Å². The number of rotatable bonds is 2. The Labute approximate surface area is 51.3 Å². The number of hydrogen-bond acceptors (Lipinski definition) is 4. The van der Waals surface area contributed by atoms with Gasteiger partial charge in [-0.15, -0.1) is 0 Å². The summed E-state index contributed by atoms with van der Waals surface area (Å²) in [6, 6.07) is 0. The molecule has 1 aromatic heterocycles. The van der Waals surface area contributed by atoms with Gasteiger partial charge in [0, 0.05) is 6.42 Å². The van der Waals surface area contributed by atoms with Crippen molar-refractivity contribution < 1.29 is 8.83 Å². The van der Waals surface area contributed by atoms with Crippen LogP contribution in [0.3, 0.4) is 0 Å². The molecule has 50 valence electrons. The standard InChI is InChI=1S/C5H7NO3/c6-2-1-4-3-8-5(7)9-4/h3H,1-2,6H2. The number of nitrogens with two attached hydrogens (primary N) is 1. The molecule has 9 heavy (non-hydrogen) atoms. The second-order valence-electron chi connectivity index (χ2n) is 1.59. The summed E-state index contributed by atoms with van der Waals surface area (Å²) in [4.78, 5) is 10.2. The normalized spacial score (nSPS) is 9.89. The molecule has 0 bridgehead atoms. The molecule has 0 aliphatic carbocycles. The summed E-state index contributed by atoms with van der Waals surface area (Å²) in [6.07, 6.45) is 1.82. The van der Waals surface area contributed by atoms with Gasteiger partial charge < -0.3 is 14.6 Å². The minimum atomic E-state index is -0.668. The van der Waals surface area contributed by atoms with E-state index in [-0.39, 0.29) is 0 Å². The Morgan fingerprint density at radius 3 is 2.89 bits per heavy atom. The van der Waals surface area contributed by atoms with Crippen LogP contribution in [-0.2, 0) is 6.42 Å². The summed E-state index contributed by atoms with van der Waals surface area (Å²) in [6.45, 7) is 0.461. The van der Waals surface area contributed by atoms with Crippen molar-refractivity contribution >= 4 is 0 Å². The molecule has 0 radical (unpaired) electrons. The summed E-state index contributed by atoms with van der Waals surface area (Å²) in [7, 11) is 0. The van der Waals surface area contributed by atoms with Gasteiger partial charge >= 0.3 is 5.82 Å². The van der Waals surface area contributed by atoms with Gasteiger partial charge in [0.25, 0.3) is 0 Å². The minimum absolute atomic E-state index is 0.461. The fourth-order valence-electron chi connectivity index (χ4n) is 0.521. The summed E-state index contributed by atoms with van der Waals surface area (Å²) in [5, 5.41) is 0. The predicted octanol–water partition coefficient (Wildman–Crippen LogP) is -0.266. The van der Waals surface area contributed by atoms with Crippen molar-refractivity contribution in [2.75, 3.05) is 6.54 Å². The van der Waals surface area contributed by atoms with Crippen molar-refractivity contribution in [2.45, 2.75) is 6.42 Å². The van der Waals surface area contributed by atoms with Gasteiger partial charge in [0.05, 0.1) is 0 Å². The van der Waals surface area contributed by atoms with Crippen molar-refractivity contribution in [1.82, 2.24) is 0 Å². The third-order valence-electron chi connectivity index (χ3n) is 0.892. The van der Waals surface area contributed by atoms with Crippen LogP contribution in [-0.4, -0.2) is 6.54 Å². The zero-order valence-corrected chi connectivity index (χ0v) is 4.79. The predicted molar refractivity (Wildman–Crippen MR) is 30.0 cm³/mol. The largest absolute Gasteiger partial charge is 0.518 e. The van der Waals surface area contributed by atoms with Crippen LogP contribution in [0.1, 0.15) is 5.76 Å². The second kappa shape index (κ2) is 2.50. The maximum Gasteiger partial charge on any atom is 0.518 e. The maximum atomic E-state index is 10.2. The fraction of sp³-hybridized carbons (Fsp3) is 0.400. The first-order valence-electron chi connectivity index (χ1n) is 2.60. The molecule has 0 unspecified atom stereocenters. The Bertz CT molecular complexity index is 224. The van der Waals surface area contributed by atoms with E-state index in [1.165, 1.54) is 6.26 Å². The maximum absolute atomic E-state index is 10.2. The van der Waals surface area contributed by atoms with Gasteiger partial charge in [-0.05, 0) is 6.54 Å². The molecule has 0 amide bonds. The van der Waals surface area contributed by atoms with Crippen LogP contribution >= 0.6 is 0 Å². The molecular weight excluding hydrogens is 122 g/mol. The van der Waals surface area contributed by atoms with E-state index in [0.717, 1.165) is 0 Å². The van der Waals surface area contributed by atoms with E-state index in [0.29, 0.717) is 18.7 Å². The summed E-state index contributed by atoms with van der Waals surface area (Å²) in [5.74, 6) is -0.166. The molecule has 2 N–H and O–H groups in total. The van der Waals surface area contributed by atoms with E-state index in [1.807, 2.05) is 0 Å². The highest BCUT2D eigenvalue weighted by Crippen LogP contribution is 1.93. The van der Waals surface area contributed by atoms with E-state index in [1.54, 1.807) is 0 Å². The Kier molecular flexibility index (Phi) is 1.69. The topological polar surface area (TPSA) is 69.4 Å². The van der Waals surface area contributed by atoms with E-state index < -0.39 is 5.82 Å². The molecule has 4 nitrogen and oxygen atoms in total. The van der Waals surface area contributed by atoms with Gasteiger partial charge in [0.2, 0.25) is 0 Å². The molecule has 0 spiro atoms.